The minimum Gasteiger partial charge on any atom is -0.497 e. The summed E-state index contributed by atoms with van der Waals surface area (Å²) in [6.45, 7) is -0.251. The molecule has 0 saturated heterocycles. The zero-order chi connectivity index (χ0) is 19.8. The molecule has 2 rings (SSSR count). The summed E-state index contributed by atoms with van der Waals surface area (Å²) in [4.78, 5) is 23.9. The standard InChI is InChI=1S/C18H17BrClN3O4/c1-26-13-5-3-11(16(8-13)27-2)9-22-23-17(24)10-21-18(25)14-7-12(19)4-6-15(14)20/h3-9H,10H2,1-2H3,(H,21,25)(H,23,24)/b22-9+. The highest BCUT2D eigenvalue weighted by atomic mass is 79.9. The number of nitrogens with one attached hydrogen (secondary N) is 2. The van der Waals surface area contributed by atoms with E-state index in [-0.39, 0.29) is 12.1 Å². The molecule has 0 atom stereocenters. The average molecular weight is 455 g/mol. The van der Waals surface area contributed by atoms with Crippen LogP contribution in [0.1, 0.15) is 15.9 Å². The lowest BCUT2D eigenvalue weighted by atomic mass is 10.2. The van der Waals surface area contributed by atoms with Gasteiger partial charge in [0.2, 0.25) is 0 Å². The number of halogens is 2. The molecule has 2 N–H and O–H groups in total. The van der Waals surface area contributed by atoms with Crippen LogP contribution in [0.2, 0.25) is 5.02 Å². The van der Waals surface area contributed by atoms with Crippen molar-refractivity contribution < 1.29 is 19.1 Å². The summed E-state index contributed by atoms with van der Waals surface area (Å²) in [7, 11) is 3.08. The van der Waals surface area contributed by atoms with Crippen LogP contribution in [-0.2, 0) is 4.79 Å². The molecule has 2 aromatic rings. The number of carbonyl (C=O) groups is 2. The van der Waals surface area contributed by atoms with Crippen LogP contribution in [0, 0.1) is 0 Å². The van der Waals surface area contributed by atoms with Gasteiger partial charge in [0.15, 0.2) is 0 Å². The molecule has 0 radical (unpaired) electrons. The van der Waals surface area contributed by atoms with E-state index in [4.69, 9.17) is 21.1 Å². The molecule has 9 heteroatoms. The summed E-state index contributed by atoms with van der Waals surface area (Å²) >= 11 is 9.25. The lowest BCUT2D eigenvalue weighted by molar-refractivity contribution is -0.120. The molecular formula is C18H17BrClN3O4. The van der Waals surface area contributed by atoms with Crippen molar-refractivity contribution in [3.05, 3.63) is 57.0 Å². The van der Waals surface area contributed by atoms with Gasteiger partial charge in [-0.15, -0.1) is 0 Å². The van der Waals surface area contributed by atoms with Crippen LogP contribution in [0.15, 0.2) is 46.0 Å². The average Bonchev–Trinajstić information content (AvgIpc) is 2.68. The van der Waals surface area contributed by atoms with E-state index in [1.165, 1.54) is 13.3 Å². The van der Waals surface area contributed by atoms with Crippen LogP contribution in [0.4, 0.5) is 0 Å². The second-order valence-electron chi connectivity index (χ2n) is 5.21. The number of hydrazone groups is 1. The van der Waals surface area contributed by atoms with Crippen LogP contribution in [0.25, 0.3) is 0 Å². The highest BCUT2D eigenvalue weighted by Crippen LogP contribution is 2.23. The third-order valence-electron chi connectivity index (χ3n) is 3.42. The first kappa shape index (κ1) is 20.7. The number of carbonyl (C=O) groups excluding carboxylic acids is 2. The number of amides is 2. The van der Waals surface area contributed by atoms with Gasteiger partial charge >= 0.3 is 0 Å². The molecule has 0 saturated carbocycles. The van der Waals surface area contributed by atoms with Crippen molar-refractivity contribution in [1.82, 2.24) is 10.7 Å². The van der Waals surface area contributed by atoms with Crippen LogP contribution in [-0.4, -0.2) is 38.8 Å². The van der Waals surface area contributed by atoms with E-state index in [2.05, 4.69) is 31.8 Å². The van der Waals surface area contributed by atoms with E-state index in [0.717, 1.165) is 0 Å². The molecular weight excluding hydrogens is 438 g/mol. The number of hydrogen-bond donors (Lipinski definition) is 2. The molecule has 0 aliphatic heterocycles. The van der Waals surface area contributed by atoms with Gasteiger partial charge < -0.3 is 14.8 Å². The molecule has 2 amide bonds. The number of nitrogens with zero attached hydrogens (tertiary/aromatic N) is 1. The van der Waals surface area contributed by atoms with Gasteiger partial charge in [0.25, 0.3) is 11.8 Å². The normalized spacial score (nSPS) is 10.5. The topological polar surface area (TPSA) is 89.0 Å². The third-order valence-corrected chi connectivity index (χ3v) is 4.24. The Bertz CT molecular complexity index is 874. The first-order valence-corrected chi connectivity index (χ1v) is 8.89. The van der Waals surface area contributed by atoms with Crippen molar-refractivity contribution in [3.8, 4) is 11.5 Å². The number of hydrogen-bond acceptors (Lipinski definition) is 5. The van der Waals surface area contributed by atoms with Crippen LogP contribution in [0.5, 0.6) is 11.5 Å². The Hall–Kier alpha value is -2.58. The van der Waals surface area contributed by atoms with E-state index < -0.39 is 11.8 Å². The summed E-state index contributed by atoms with van der Waals surface area (Å²) in [6, 6.07) is 10.1. The van der Waals surface area contributed by atoms with E-state index in [1.54, 1.807) is 43.5 Å². The Balaban J connectivity index is 1.90. The van der Waals surface area contributed by atoms with E-state index in [1.807, 2.05) is 0 Å². The Morgan fingerprint density at radius 2 is 1.96 bits per heavy atom. The fourth-order valence-corrected chi connectivity index (χ4v) is 2.63. The second kappa shape index (κ2) is 9.94. The molecule has 27 heavy (non-hydrogen) atoms. The van der Waals surface area contributed by atoms with Crippen molar-refractivity contribution in [1.29, 1.82) is 0 Å². The quantitative estimate of drug-likeness (QED) is 0.497. The van der Waals surface area contributed by atoms with E-state index >= 15 is 0 Å². The first-order chi connectivity index (χ1) is 12.9. The maximum atomic E-state index is 12.1. The highest BCUT2D eigenvalue weighted by Gasteiger charge is 2.12. The number of methoxy groups -OCH3 is 2. The monoisotopic (exact) mass is 453 g/mol. The zero-order valence-corrected chi connectivity index (χ0v) is 16.9. The van der Waals surface area contributed by atoms with E-state index in [9.17, 15) is 9.59 Å². The maximum absolute atomic E-state index is 12.1. The Morgan fingerprint density at radius 3 is 2.67 bits per heavy atom. The predicted octanol–water partition coefficient (Wildman–Crippen LogP) is 3.00. The smallest absolute Gasteiger partial charge is 0.259 e. The number of rotatable bonds is 7. The van der Waals surface area contributed by atoms with Gasteiger partial charge in [-0.25, -0.2) is 5.43 Å². The summed E-state index contributed by atoms with van der Waals surface area (Å²) < 4.78 is 11.1. The van der Waals surface area contributed by atoms with Gasteiger partial charge in [0, 0.05) is 16.1 Å². The molecule has 0 bridgehead atoms. The van der Waals surface area contributed by atoms with Crippen molar-refractivity contribution in [3.63, 3.8) is 0 Å². The fraction of sp³-hybridized carbons (Fsp3) is 0.167. The minimum absolute atomic E-state index is 0.251. The molecule has 0 aliphatic carbocycles. The lowest BCUT2D eigenvalue weighted by Gasteiger charge is -2.07. The SMILES string of the molecule is COc1ccc(/C=N/NC(=O)CNC(=O)c2cc(Br)ccc2Cl)c(OC)c1. The number of benzene rings is 2. The van der Waals surface area contributed by atoms with Crippen LogP contribution < -0.4 is 20.2 Å². The van der Waals surface area contributed by atoms with Crippen molar-refractivity contribution in [2.24, 2.45) is 5.10 Å². The van der Waals surface area contributed by atoms with Gasteiger partial charge in [-0.1, -0.05) is 27.5 Å². The Kier molecular flexibility index (Phi) is 7.63. The molecule has 142 valence electrons. The lowest BCUT2D eigenvalue weighted by Crippen LogP contribution is -2.35. The van der Waals surface area contributed by atoms with Gasteiger partial charge in [0.1, 0.15) is 11.5 Å². The maximum Gasteiger partial charge on any atom is 0.259 e. The van der Waals surface area contributed by atoms with Crippen LogP contribution >= 0.6 is 27.5 Å². The van der Waals surface area contributed by atoms with Gasteiger partial charge in [-0.3, -0.25) is 9.59 Å². The summed E-state index contributed by atoms with van der Waals surface area (Å²) in [5, 5.41) is 6.63. The summed E-state index contributed by atoms with van der Waals surface area (Å²) in [5.74, 6) is 0.238. The molecule has 0 unspecified atom stereocenters. The number of ether oxygens (including phenoxy) is 2. The molecule has 2 aromatic carbocycles. The first-order valence-electron chi connectivity index (χ1n) is 7.71. The van der Waals surface area contributed by atoms with E-state index in [0.29, 0.717) is 26.6 Å². The Morgan fingerprint density at radius 1 is 1.19 bits per heavy atom. The zero-order valence-electron chi connectivity index (χ0n) is 14.6. The van der Waals surface area contributed by atoms with Crippen molar-refractivity contribution in [2.75, 3.05) is 20.8 Å². The fourth-order valence-electron chi connectivity index (χ4n) is 2.07. The molecule has 7 nitrogen and oxygen atoms in total. The van der Waals surface area contributed by atoms with Gasteiger partial charge in [-0.2, -0.15) is 5.10 Å². The third kappa shape index (κ3) is 5.97. The Labute approximate surface area is 169 Å². The molecule has 0 aromatic heterocycles. The van der Waals surface area contributed by atoms with Crippen molar-refractivity contribution in [2.45, 2.75) is 0 Å². The molecule has 0 heterocycles. The molecule has 0 spiro atoms. The van der Waals surface area contributed by atoms with Gasteiger partial charge in [0.05, 0.1) is 37.6 Å². The molecule has 0 aliphatic rings. The second-order valence-corrected chi connectivity index (χ2v) is 6.53. The predicted molar refractivity (Wildman–Crippen MR) is 107 cm³/mol. The minimum atomic E-state index is -0.488. The van der Waals surface area contributed by atoms with Crippen LogP contribution in [0.3, 0.4) is 0 Å². The highest BCUT2D eigenvalue weighted by molar-refractivity contribution is 9.10. The van der Waals surface area contributed by atoms with Crippen molar-refractivity contribution >= 4 is 45.6 Å². The largest absolute Gasteiger partial charge is 0.497 e. The molecule has 0 fully saturated rings. The van der Waals surface area contributed by atoms with Gasteiger partial charge in [-0.05, 0) is 30.3 Å². The summed E-state index contributed by atoms with van der Waals surface area (Å²) in [6.07, 6.45) is 1.43. The summed E-state index contributed by atoms with van der Waals surface area (Å²) in [5.41, 5.74) is 3.26.